The van der Waals surface area contributed by atoms with Crippen LogP contribution in [0.25, 0.3) is 0 Å². The lowest BCUT2D eigenvalue weighted by atomic mass is 10.2. The molecule has 1 saturated heterocycles. The van der Waals surface area contributed by atoms with Crippen molar-refractivity contribution in [3.63, 3.8) is 0 Å². The molecule has 10 nitrogen and oxygen atoms in total. The Bertz CT molecular complexity index is 572. The Kier molecular flexibility index (Phi) is 4.45. The molecule has 4 atom stereocenters. The maximum atomic E-state index is 11.6. The molecule has 0 unspecified atom stereocenters. The second-order valence-electron chi connectivity index (χ2n) is 5.21. The highest BCUT2D eigenvalue weighted by Crippen LogP contribution is 2.38. The SMILES string of the molecule is CP(C)(=O)CO[C@H]1O[C@@H](n2cnc(C(=N)N)n2)[C@H](O)[C@@H]1O. The van der Waals surface area contributed by atoms with Crippen molar-refractivity contribution >= 4 is 13.0 Å². The molecule has 11 heteroatoms. The van der Waals surface area contributed by atoms with Gasteiger partial charge in [-0.15, -0.1) is 5.10 Å². The van der Waals surface area contributed by atoms with Crippen molar-refractivity contribution in [2.75, 3.05) is 19.7 Å². The molecule has 0 bridgehead atoms. The monoisotopic (exact) mass is 319 g/mol. The fourth-order valence-electron chi connectivity index (χ4n) is 1.76. The first-order valence-corrected chi connectivity index (χ1v) is 8.90. The van der Waals surface area contributed by atoms with E-state index in [0.717, 1.165) is 4.68 Å². The van der Waals surface area contributed by atoms with Gasteiger partial charge in [0.15, 0.2) is 18.4 Å². The average Bonchev–Trinajstić information content (AvgIpc) is 2.94. The summed E-state index contributed by atoms with van der Waals surface area (Å²) in [6.07, 6.45) is -3.62. The minimum absolute atomic E-state index is 0.0173. The van der Waals surface area contributed by atoms with Crippen LogP contribution in [0, 0.1) is 5.41 Å². The molecule has 1 aliphatic heterocycles. The van der Waals surface area contributed by atoms with Crippen LogP contribution >= 0.6 is 7.14 Å². The van der Waals surface area contributed by atoms with E-state index in [1.54, 1.807) is 13.3 Å². The van der Waals surface area contributed by atoms with Crippen molar-refractivity contribution in [1.29, 1.82) is 5.41 Å². The second-order valence-corrected chi connectivity index (χ2v) is 8.61. The number of rotatable bonds is 5. The van der Waals surface area contributed by atoms with Crippen LogP contribution in [-0.4, -0.2) is 69.0 Å². The van der Waals surface area contributed by atoms with Crippen molar-refractivity contribution < 1.29 is 24.3 Å². The molecule has 2 rings (SSSR count). The highest BCUT2D eigenvalue weighted by Gasteiger charge is 2.45. The first kappa shape index (κ1) is 16.1. The van der Waals surface area contributed by atoms with Crippen molar-refractivity contribution in [3.05, 3.63) is 12.2 Å². The van der Waals surface area contributed by atoms with Gasteiger partial charge in [-0.3, -0.25) is 5.41 Å². The summed E-state index contributed by atoms with van der Waals surface area (Å²) in [5.41, 5.74) is 5.25. The third kappa shape index (κ3) is 3.66. The first-order valence-electron chi connectivity index (χ1n) is 6.12. The van der Waals surface area contributed by atoms with Crippen LogP contribution < -0.4 is 5.73 Å². The van der Waals surface area contributed by atoms with Gasteiger partial charge < -0.3 is 30.0 Å². The number of hydrogen-bond donors (Lipinski definition) is 4. The van der Waals surface area contributed by atoms with Gasteiger partial charge in [-0.05, 0) is 13.3 Å². The largest absolute Gasteiger partial charge is 0.385 e. The van der Waals surface area contributed by atoms with E-state index in [-0.39, 0.29) is 18.0 Å². The van der Waals surface area contributed by atoms with E-state index < -0.39 is 31.9 Å². The normalized spacial score (nSPS) is 29.7. The summed E-state index contributed by atoms with van der Waals surface area (Å²) in [7, 11) is -2.44. The highest BCUT2D eigenvalue weighted by molar-refractivity contribution is 7.62. The van der Waals surface area contributed by atoms with E-state index >= 15 is 0 Å². The minimum Gasteiger partial charge on any atom is -0.385 e. The Hall–Kier alpha value is -1.32. The third-order valence-electron chi connectivity index (χ3n) is 2.75. The zero-order valence-corrected chi connectivity index (χ0v) is 12.5. The maximum Gasteiger partial charge on any atom is 0.215 e. The molecular formula is C10H18N5O5P. The number of nitrogens with one attached hydrogen (secondary N) is 1. The Balaban J connectivity index is 2.08. The molecule has 1 fully saturated rings. The van der Waals surface area contributed by atoms with Crippen LogP contribution in [0.15, 0.2) is 6.33 Å². The van der Waals surface area contributed by atoms with E-state index in [2.05, 4.69) is 10.1 Å². The topological polar surface area (TPSA) is 157 Å². The number of ether oxygens (including phenoxy) is 2. The third-order valence-corrected chi connectivity index (χ3v) is 3.53. The van der Waals surface area contributed by atoms with Crippen LogP contribution in [-0.2, 0) is 14.0 Å². The molecule has 0 saturated carbocycles. The molecule has 5 N–H and O–H groups in total. The standard InChI is InChI=1S/C10H18N5O5P/c1-21(2,18)4-19-10-6(17)5(16)9(20-10)15-3-13-8(14-15)7(11)12/h3,5-6,9-10,16-17H,4H2,1-2H3,(H3,11,12)/t5-,6+,9-,10+/m1/s1. The number of aliphatic hydroxyl groups excluding tert-OH is 2. The zero-order chi connectivity index (χ0) is 15.8. The molecule has 21 heavy (non-hydrogen) atoms. The number of aliphatic hydroxyl groups is 2. The summed E-state index contributed by atoms with van der Waals surface area (Å²) in [5, 5.41) is 30.9. The number of nitrogen functional groups attached to an aromatic ring is 1. The predicted molar refractivity (Wildman–Crippen MR) is 72.4 cm³/mol. The summed E-state index contributed by atoms with van der Waals surface area (Å²) in [5.74, 6) is -0.344. The Morgan fingerprint density at radius 2 is 2.24 bits per heavy atom. The van der Waals surface area contributed by atoms with Crippen molar-refractivity contribution in [3.8, 4) is 0 Å². The van der Waals surface area contributed by atoms with Crippen LogP contribution in [0.2, 0.25) is 0 Å². The van der Waals surface area contributed by atoms with E-state index in [9.17, 15) is 14.8 Å². The number of nitrogens with two attached hydrogens (primary N) is 1. The summed E-state index contributed by atoms with van der Waals surface area (Å²) in [4.78, 5) is 3.77. The fraction of sp³-hybridized carbons (Fsp3) is 0.700. The van der Waals surface area contributed by atoms with Gasteiger partial charge in [0.2, 0.25) is 5.82 Å². The highest BCUT2D eigenvalue weighted by atomic mass is 31.2. The lowest BCUT2D eigenvalue weighted by molar-refractivity contribution is -0.168. The van der Waals surface area contributed by atoms with Gasteiger partial charge in [0, 0.05) is 0 Å². The van der Waals surface area contributed by atoms with E-state index in [1.165, 1.54) is 6.33 Å². The maximum absolute atomic E-state index is 11.6. The molecule has 1 aliphatic rings. The van der Waals surface area contributed by atoms with Crippen molar-refractivity contribution in [1.82, 2.24) is 14.8 Å². The fourth-order valence-corrected chi connectivity index (χ4v) is 2.26. The molecule has 0 spiro atoms. The van der Waals surface area contributed by atoms with Crippen molar-refractivity contribution in [2.45, 2.75) is 24.7 Å². The minimum atomic E-state index is -2.44. The van der Waals surface area contributed by atoms with Gasteiger partial charge >= 0.3 is 0 Å². The van der Waals surface area contributed by atoms with E-state index in [1.807, 2.05) is 0 Å². The van der Waals surface area contributed by atoms with Gasteiger partial charge in [-0.1, -0.05) is 0 Å². The summed E-state index contributed by atoms with van der Waals surface area (Å²) < 4.78 is 23.3. The molecular weight excluding hydrogens is 301 g/mol. The molecule has 118 valence electrons. The number of hydrogen-bond acceptors (Lipinski definition) is 8. The number of aromatic nitrogens is 3. The molecule has 1 aromatic heterocycles. The Morgan fingerprint density at radius 1 is 1.57 bits per heavy atom. The van der Waals surface area contributed by atoms with Crippen LogP contribution in [0.1, 0.15) is 12.1 Å². The van der Waals surface area contributed by atoms with Crippen LogP contribution in [0.3, 0.4) is 0 Å². The smallest absolute Gasteiger partial charge is 0.215 e. The molecule has 0 amide bonds. The van der Waals surface area contributed by atoms with E-state index in [4.69, 9.17) is 20.6 Å². The van der Waals surface area contributed by atoms with Gasteiger partial charge in [-0.2, -0.15) is 0 Å². The predicted octanol–water partition coefficient (Wildman–Crippen LogP) is -1.26. The molecule has 2 heterocycles. The zero-order valence-electron chi connectivity index (χ0n) is 11.6. The van der Waals surface area contributed by atoms with Crippen molar-refractivity contribution in [2.24, 2.45) is 5.73 Å². The molecule has 0 aromatic carbocycles. The molecule has 0 aliphatic carbocycles. The van der Waals surface area contributed by atoms with Gasteiger partial charge in [0.25, 0.3) is 0 Å². The number of amidine groups is 1. The summed E-state index contributed by atoms with van der Waals surface area (Å²) >= 11 is 0. The first-order chi connectivity index (χ1) is 9.69. The molecule has 0 radical (unpaired) electrons. The van der Waals surface area contributed by atoms with Crippen LogP contribution in [0.5, 0.6) is 0 Å². The lowest BCUT2D eigenvalue weighted by Crippen LogP contribution is -2.33. The summed E-state index contributed by atoms with van der Waals surface area (Å²) in [6, 6.07) is 0. The van der Waals surface area contributed by atoms with E-state index in [0.29, 0.717) is 0 Å². The van der Waals surface area contributed by atoms with Gasteiger partial charge in [0.05, 0.1) is 0 Å². The molecule has 1 aromatic rings. The second kappa shape index (κ2) is 5.82. The summed E-state index contributed by atoms with van der Waals surface area (Å²) in [6.45, 7) is 3.08. The Labute approximate surface area is 120 Å². The Morgan fingerprint density at radius 3 is 2.76 bits per heavy atom. The lowest BCUT2D eigenvalue weighted by Gasteiger charge is -2.16. The average molecular weight is 319 g/mol. The quantitative estimate of drug-likeness (QED) is 0.297. The number of nitrogens with zero attached hydrogens (tertiary/aromatic N) is 3. The van der Waals surface area contributed by atoms with Crippen LogP contribution in [0.4, 0.5) is 0 Å². The van der Waals surface area contributed by atoms with Gasteiger partial charge in [-0.25, -0.2) is 9.67 Å². The van der Waals surface area contributed by atoms with Gasteiger partial charge in [0.1, 0.15) is 32.0 Å².